The van der Waals surface area contributed by atoms with E-state index in [0.29, 0.717) is 10.6 Å². The van der Waals surface area contributed by atoms with Crippen LogP contribution >= 0.6 is 11.6 Å². The smallest absolute Gasteiger partial charge is 0.333 e. The summed E-state index contributed by atoms with van der Waals surface area (Å²) in [5, 5.41) is 0.653. The Morgan fingerprint density at radius 2 is 1.73 bits per heavy atom. The molecule has 2 aromatic carbocycles. The van der Waals surface area contributed by atoms with Gasteiger partial charge < -0.3 is 4.74 Å². The Hall–Kier alpha value is -2.39. The zero-order chi connectivity index (χ0) is 16.1. The highest BCUT2D eigenvalue weighted by atomic mass is 35.5. The predicted octanol–water partition coefficient (Wildman–Crippen LogP) is 4.31. The van der Waals surface area contributed by atoms with Crippen LogP contribution < -0.4 is 0 Å². The topological polar surface area (TPSA) is 43.4 Å². The zero-order valence-electron chi connectivity index (χ0n) is 12.1. The standard InChI is InChI=1S/C18H15ClO3/c1-12(18(21)22-2)11-17(20)14-9-7-13(8-10-14)15-5-3-4-6-16(15)19/h3-10H,1,11H2,2H3. The molecule has 22 heavy (non-hydrogen) atoms. The molecular formula is C18H15ClO3. The van der Waals surface area contributed by atoms with Crippen LogP contribution in [0.25, 0.3) is 11.1 Å². The largest absolute Gasteiger partial charge is 0.466 e. The van der Waals surface area contributed by atoms with Crippen LogP contribution in [0, 0.1) is 0 Å². The number of carbonyl (C=O) groups excluding carboxylic acids is 2. The van der Waals surface area contributed by atoms with Gasteiger partial charge in [0, 0.05) is 28.1 Å². The van der Waals surface area contributed by atoms with Crippen LogP contribution in [0.1, 0.15) is 16.8 Å². The molecule has 0 heterocycles. The molecule has 0 radical (unpaired) electrons. The van der Waals surface area contributed by atoms with Crippen molar-refractivity contribution in [3.8, 4) is 11.1 Å². The summed E-state index contributed by atoms with van der Waals surface area (Å²) >= 11 is 6.15. The third kappa shape index (κ3) is 3.62. The van der Waals surface area contributed by atoms with E-state index in [9.17, 15) is 9.59 Å². The average molecular weight is 315 g/mol. The molecule has 4 heteroatoms. The van der Waals surface area contributed by atoms with Crippen LogP contribution in [-0.2, 0) is 9.53 Å². The lowest BCUT2D eigenvalue weighted by Gasteiger charge is -2.06. The van der Waals surface area contributed by atoms with Crippen LogP contribution in [0.3, 0.4) is 0 Å². The van der Waals surface area contributed by atoms with Crippen molar-refractivity contribution in [3.05, 3.63) is 71.3 Å². The quantitative estimate of drug-likeness (QED) is 0.469. The van der Waals surface area contributed by atoms with Crippen molar-refractivity contribution < 1.29 is 14.3 Å². The van der Waals surface area contributed by atoms with Gasteiger partial charge in [0.1, 0.15) is 0 Å². The highest BCUT2D eigenvalue weighted by Crippen LogP contribution is 2.27. The second-order valence-electron chi connectivity index (χ2n) is 4.75. The van der Waals surface area contributed by atoms with E-state index >= 15 is 0 Å². The summed E-state index contributed by atoms with van der Waals surface area (Å²) < 4.78 is 4.53. The molecule has 0 spiro atoms. The lowest BCUT2D eigenvalue weighted by atomic mass is 10.00. The molecule has 3 nitrogen and oxygen atoms in total. The number of rotatable bonds is 5. The van der Waals surface area contributed by atoms with E-state index < -0.39 is 5.97 Å². The second kappa shape index (κ2) is 7.05. The average Bonchev–Trinajstić information content (AvgIpc) is 2.54. The van der Waals surface area contributed by atoms with Crippen molar-refractivity contribution >= 4 is 23.4 Å². The molecule has 0 unspecified atom stereocenters. The first kappa shape index (κ1) is 16.0. The number of carbonyl (C=O) groups is 2. The Morgan fingerprint density at radius 3 is 2.32 bits per heavy atom. The maximum absolute atomic E-state index is 12.1. The molecule has 0 atom stereocenters. The minimum Gasteiger partial charge on any atom is -0.466 e. The van der Waals surface area contributed by atoms with E-state index in [-0.39, 0.29) is 17.8 Å². The van der Waals surface area contributed by atoms with Gasteiger partial charge in [-0.2, -0.15) is 0 Å². The van der Waals surface area contributed by atoms with Gasteiger partial charge in [-0.1, -0.05) is 60.6 Å². The SMILES string of the molecule is C=C(CC(=O)c1ccc(-c2ccccc2Cl)cc1)C(=O)OC. The molecule has 0 N–H and O–H groups in total. The van der Waals surface area contributed by atoms with Crippen molar-refractivity contribution in [1.82, 2.24) is 0 Å². The van der Waals surface area contributed by atoms with Crippen molar-refractivity contribution in [2.45, 2.75) is 6.42 Å². The number of benzene rings is 2. The van der Waals surface area contributed by atoms with E-state index in [1.54, 1.807) is 12.1 Å². The molecule has 0 saturated heterocycles. The Balaban J connectivity index is 2.16. The predicted molar refractivity (Wildman–Crippen MR) is 87.0 cm³/mol. The summed E-state index contributed by atoms with van der Waals surface area (Å²) in [4.78, 5) is 23.4. The van der Waals surface area contributed by atoms with Crippen LogP contribution in [-0.4, -0.2) is 18.9 Å². The number of halogens is 1. The Labute approximate surface area is 134 Å². The van der Waals surface area contributed by atoms with Crippen molar-refractivity contribution in [1.29, 1.82) is 0 Å². The number of ether oxygens (including phenoxy) is 1. The van der Waals surface area contributed by atoms with Crippen molar-refractivity contribution in [2.24, 2.45) is 0 Å². The van der Waals surface area contributed by atoms with Gasteiger partial charge in [-0.05, 0) is 11.6 Å². The fourth-order valence-electron chi connectivity index (χ4n) is 2.04. The van der Waals surface area contributed by atoms with Gasteiger partial charge in [-0.25, -0.2) is 4.79 Å². The van der Waals surface area contributed by atoms with Gasteiger partial charge in [0.15, 0.2) is 5.78 Å². The van der Waals surface area contributed by atoms with Gasteiger partial charge in [0.2, 0.25) is 0 Å². The number of Topliss-reactive ketones (excluding diaryl/α,β-unsaturated/α-hetero) is 1. The molecule has 0 aliphatic carbocycles. The highest BCUT2D eigenvalue weighted by Gasteiger charge is 2.14. The molecule has 0 saturated carbocycles. The molecule has 2 rings (SSSR count). The fourth-order valence-corrected chi connectivity index (χ4v) is 2.29. The van der Waals surface area contributed by atoms with Gasteiger partial charge in [-0.15, -0.1) is 0 Å². The summed E-state index contributed by atoms with van der Waals surface area (Å²) in [5.74, 6) is -0.748. The highest BCUT2D eigenvalue weighted by molar-refractivity contribution is 6.33. The number of methoxy groups -OCH3 is 1. The van der Waals surface area contributed by atoms with E-state index in [0.717, 1.165) is 11.1 Å². The van der Waals surface area contributed by atoms with Crippen LogP contribution in [0.4, 0.5) is 0 Å². The van der Waals surface area contributed by atoms with Crippen LogP contribution in [0.15, 0.2) is 60.7 Å². The first-order valence-corrected chi connectivity index (χ1v) is 7.05. The molecule has 0 aliphatic heterocycles. The normalized spacial score (nSPS) is 10.1. The Kier molecular flexibility index (Phi) is 5.12. The summed E-state index contributed by atoms with van der Waals surface area (Å²) in [6.45, 7) is 3.55. The molecule has 0 bridgehead atoms. The molecule has 0 amide bonds. The van der Waals surface area contributed by atoms with Crippen molar-refractivity contribution in [3.63, 3.8) is 0 Å². The minimum absolute atomic E-state index is 0.0574. The van der Waals surface area contributed by atoms with E-state index in [1.165, 1.54) is 7.11 Å². The molecule has 2 aromatic rings. The van der Waals surface area contributed by atoms with Gasteiger partial charge in [0.25, 0.3) is 0 Å². The number of hydrogen-bond acceptors (Lipinski definition) is 3. The molecule has 0 aromatic heterocycles. The van der Waals surface area contributed by atoms with Gasteiger partial charge >= 0.3 is 5.97 Å². The van der Waals surface area contributed by atoms with E-state index in [1.807, 2.05) is 36.4 Å². The number of ketones is 1. The van der Waals surface area contributed by atoms with Gasteiger partial charge in [-0.3, -0.25) is 4.79 Å². The fraction of sp³-hybridized carbons (Fsp3) is 0.111. The lowest BCUT2D eigenvalue weighted by Crippen LogP contribution is -2.09. The first-order valence-electron chi connectivity index (χ1n) is 6.67. The Bertz CT molecular complexity index is 717. The van der Waals surface area contributed by atoms with Crippen LogP contribution in [0.5, 0.6) is 0 Å². The summed E-state index contributed by atoms with van der Waals surface area (Å²) in [6.07, 6.45) is -0.0574. The monoisotopic (exact) mass is 314 g/mol. The summed E-state index contributed by atoms with van der Waals surface area (Å²) in [5.41, 5.74) is 2.49. The third-order valence-electron chi connectivity index (χ3n) is 3.24. The zero-order valence-corrected chi connectivity index (χ0v) is 12.9. The van der Waals surface area contributed by atoms with Crippen molar-refractivity contribution in [2.75, 3.05) is 7.11 Å². The molecular weight excluding hydrogens is 300 g/mol. The third-order valence-corrected chi connectivity index (χ3v) is 3.57. The maximum Gasteiger partial charge on any atom is 0.333 e. The summed E-state index contributed by atoms with van der Waals surface area (Å²) in [6, 6.07) is 14.6. The number of hydrogen-bond donors (Lipinski definition) is 0. The second-order valence-corrected chi connectivity index (χ2v) is 5.16. The van der Waals surface area contributed by atoms with Crippen LogP contribution in [0.2, 0.25) is 5.02 Å². The molecule has 112 valence electrons. The molecule has 0 aliphatic rings. The first-order chi connectivity index (χ1) is 10.5. The van der Waals surface area contributed by atoms with Gasteiger partial charge in [0.05, 0.1) is 7.11 Å². The molecule has 0 fully saturated rings. The Morgan fingerprint density at radius 1 is 1.09 bits per heavy atom. The van der Waals surface area contributed by atoms with E-state index in [4.69, 9.17) is 11.6 Å². The lowest BCUT2D eigenvalue weighted by molar-refractivity contribution is -0.136. The summed E-state index contributed by atoms with van der Waals surface area (Å²) in [7, 11) is 1.26. The minimum atomic E-state index is -0.568. The number of esters is 1. The maximum atomic E-state index is 12.1. The van der Waals surface area contributed by atoms with E-state index in [2.05, 4.69) is 11.3 Å².